The highest BCUT2D eigenvalue weighted by atomic mass is 32.2. The van der Waals surface area contributed by atoms with Crippen molar-refractivity contribution in [1.82, 2.24) is 14.9 Å². The van der Waals surface area contributed by atoms with Crippen LogP contribution in [0.5, 0.6) is 5.75 Å². The van der Waals surface area contributed by atoms with Crippen LogP contribution in [-0.2, 0) is 27.9 Å². The van der Waals surface area contributed by atoms with Crippen LogP contribution in [0.3, 0.4) is 0 Å². The Morgan fingerprint density at radius 1 is 1.26 bits per heavy atom. The van der Waals surface area contributed by atoms with Gasteiger partial charge in [-0.1, -0.05) is 23.5 Å². The van der Waals surface area contributed by atoms with Crippen molar-refractivity contribution < 1.29 is 27.5 Å². The number of carbonyl (C=O) groups excluding carboxylic acids is 2. The van der Waals surface area contributed by atoms with E-state index in [0.717, 1.165) is 15.6 Å². The van der Waals surface area contributed by atoms with Gasteiger partial charge in [-0.05, 0) is 36.8 Å². The van der Waals surface area contributed by atoms with Crippen molar-refractivity contribution in [3.63, 3.8) is 0 Å². The molecular weight excluding hydrogens is 533 g/mol. The lowest BCUT2D eigenvalue weighted by Gasteiger charge is -2.24. The van der Waals surface area contributed by atoms with Gasteiger partial charge in [0.15, 0.2) is 15.1 Å². The molecule has 1 aliphatic heterocycles. The molecule has 196 valence electrons. The smallest absolute Gasteiger partial charge is 0.275 e. The predicted molar refractivity (Wildman–Crippen MR) is 140 cm³/mol. The SMILES string of the molecule is CC(=O)Nc1nc(C)c(S(=O)(=O)N(C)c2c3c(c(O)c4ncccc24)C(=O)N(Cc2ccc(F)cc2)C3)s1. The first-order chi connectivity index (χ1) is 18.0. The highest BCUT2D eigenvalue weighted by Crippen LogP contribution is 2.45. The number of amides is 2. The molecule has 5 rings (SSSR count). The second-order valence-corrected chi connectivity index (χ2v) is 11.9. The summed E-state index contributed by atoms with van der Waals surface area (Å²) in [6, 6.07) is 8.92. The average molecular weight is 556 g/mol. The summed E-state index contributed by atoms with van der Waals surface area (Å²) in [6.07, 6.45) is 1.44. The molecule has 3 heterocycles. The summed E-state index contributed by atoms with van der Waals surface area (Å²) < 4.78 is 42.0. The van der Waals surface area contributed by atoms with Gasteiger partial charge in [0.05, 0.1) is 16.9 Å². The van der Waals surface area contributed by atoms with E-state index in [1.165, 1.54) is 44.1 Å². The zero-order valence-electron chi connectivity index (χ0n) is 20.5. The molecule has 4 aromatic rings. The molecule has 0 atom stereocenters. The quantitative estimate of drug-likeness (QED) is 0.370. The lowest BCUT2D eigenvalue weighted by Crippen LogP contribution is -2.28. The first kappa shape index (κ1) is 25.5. The number of phenolic OH excluding ortho intramolecular Hbond substituents is 1. The molecule has 0 unspecified atom stereocenters. The lowest BCUT2D eigenvalue weighted by molar-refractivity contribution is -0.114. The summed E-state index contributed by atoms with van der Waals surface area (Å²) >= 11 is 0.818. The zero-order chi connectivity index (χ0) is 27.4. The fraction of sp³-hybridized carbons (Fsp3) is 0.200. The van der Waals surface area contributed by atoms with Crippen molar-refractivity contribution in [1.29, 1.82) is 0 Å². The lowest BCUT2D eigenvalue weighted by atomic mass is 10.0. The predicted octanol–water partition coefficient (Wildman–Crippen LogP) is 3.78. The second kappa shape index (κ2) is 9.33. The number of aryl methyl sites for hydroxylation is 1. The van der Waals surface area contributed by atoms with Gasteiger partial charge in [0, 0.05) is 44.2 Å². The van der Waals surface area contributed by atoms with Gasteiger partial charge in [-0.25, -0.2) is 17.8 Å². The van der Waals surface area contributed by atoms with E-state index >= 15 is 0 Å². The molecule has 0 spiro atoms. The number of hydrogen-bond donors (Lipinski definition) is 2. The first-order valence-electron chi connectivity index (χ1n) is 11.4. The Hall–Kier alpha value is -4.10. The van der Waals surface area contributed by atoms with E-state index in [0.29, 0.717) is 16.5 Å². The highest BCUT2D eigenvalue weighted by molar-refractivity contribution is 7.94. The molecule has 13 heteroatoms. The number of aromatic nitrogens is 2. The number of anilines is 2. The number of aromatic hydroxyl groups is 1. The third-order valence-corrected chi connectivity index (χ3v) is 9.61. The number of fused-ring (bicyclic) bond motifs is 2. The van der Waals surface area contributed by atoms with Crippen LogP contribution in [0.25, 0.3) is 10.9 Å². The number of carbonyl (C=O) groups is 2. The monoisotopic (exact) mass is 555 g/mol. The third kappa shape index (κ3) is 4.23. The zero-order valence-corrected chi connectivity index (χ0v) is 22.2. The number of phenols is 1. The van der Waals surface area contributed by atoms with Gasteiger partial charge in [0.1, 0.15) is 11.3 Å². The maximum Gasteiger partial charge on any atom is 0.275 e. The van der Waals surface area contributed by atoms with Gasteiger partial charge < -0.3 is 15.3 Å². The molecule has 0 saturated heterocycles. The van der Waals surface area contributed by atoms with Gasteiger partial charge in [-0.3, -0.25) is 18.9 Å². The summed E-state index contributed by atoms with van der Waals surface area (Å²) in [6.45, 7) is 2.96. The van der Waals surface area contributed by atoms with Gasteiger partial charge in [0.2, 0.25) is 5.91 Å². The number of nitrogens with one attached hydrogen (secondary N) is 1. The van der Waals surface area contributed by atoms with Crippen LogP contribution in [-0.4, -0.2) is 47.3 Å². The number of halogens is 1. The molecule has 2 aromatic heterocycles. The first-order valence-corrected chi connectivity index (χ1v) is 13.6. The van der Waals surface area contributed by atoms with Gasteiger partial charge >= 0.3 is 0 Å². The molecule has 2 N–H and O–H groups in total. The Morgan fingerprint density at radius 2 is 1.97 bits per heavy atom. The number of hydrogen-bond acceptors (Lipinski definition) is 8. The van der Waals surface area contributed by atoms with Crippen LogP contribution in [0, 0.1) is 12.7 Å². The standard InChI is InChI=1S/C25H22FN5O5S2/c1-13-24(37-25(28-13)29-14(2)32)38(35,36)30(3)21-17-5-4-10-27-20(17)22(33)19-18(21)12-31(23(19)34)11-15-6-8-16(26)9-7-15/h4-10,33H,11-12H2,1-3H3,(H,28,29,32). The van der Waals surface area contributed by atoms with Gasteiger partial charge in [-0.2, -0.15) is 0 Å². The Bertz CT molecular complexity index is 1720. The molecule has 1 aliphatic rings. The van der Waals surface area contributed by atoms with Crippen molar-refractivity contribution in [3.8, 4) is 5.75 Å². The van der Waals surface area contributed by atoms with Crippen molar-refractivity contribution >= 4 is 54.9 Å². The molecular formula is C25H22FN5O5S2. The van der Waals surface area contributed by atoms with Crippen LogP contribution in [0.1, 0.15) is 34.1 Å². The Labute approximate surface area is 221 Å². The highest BCUT2D eigenvalue weighted by Gasteiger charge is 2.39. The molecule has 0 fully saturated rings. The van der Waals surface area contributed by atoms with Crippen molar-refractivity contribution in [2.45, 2.75) is 31.1 Å². The Kier molecular flexibility index (Phi) is 6.27. The molecule has 2 aromatic carbocycles. The van der Waals surface area contributed by atoms with E-state index in [9.17, 15) is 27.5 Å². The molecule has 10 nitrogen and oxygen atoms in total. The van der Waals surface area contributed by atoms with Gasteiger partial charge in [0.25, 0.3) is 15.9 Å². The fourth-order valence-electron chi connectivity index (χ4n) is 4.50. The van der Waals surface area contributed by atoms with E-state index in [1.807, 2.05) is 0 Å². The normalized spacial score (nSPS) is 13.2. The van der Waals surface area contributed by atoms with Crippen LogP contribution in [0.15, 0.2) is 46.8 Å². The van der Waals surface area contributed by atoms with Crippen molar-refractivity contribution in [2.24, 2.45) is 0 Å². The number of benzene rings is 2. The minimum Gasteiger partial charge on any atom is -0.505 e. The minimum atomic E-state index is -4.21. The molecule has 0 saturated carbocycles. The number of pyridine rings is 1. The van der Waals surface area contributed by atoms with Crippen molar-refractivity contribution in [2.75, 3.05) is 16.7 Å². The summed E-state index contributed by atoms with van der Waals surface area (Å²) in [7, 11) is -2.85. The Balaban J connectivity index is 1.64. The number of rotatable bonds is 6. The summed E-state index contributed by atoms with van der Waals surface area (Å²) in [5.74, 6) is -1.62. The van der Waals surface area contributed by atoms with Crippen molar-refractivity contribution in [3.05, 3.63) is 70.8 Å². The average Bonchev–Trinajstić information content (AvgIpc) is 3.39. The van der Waals surface area contributed by atoms with Gasteiger partial charge in [-0.15, -0.1) is 0 Å². The maximum absolute atomic E-state index is 13.8. The number of thiazole rings is 1. The van der Waals surface area contributed by atoms with Crippen LogP contribution in [0.2, 0.25) is 0 Å². The molecule has 2 amide bonds. The van der Waals surface area contributed by atoms with Crippen LogP contribution in [0.4, 0.5) is 15.2 Å². The van der Waals surface area contributed by atoms with Crippen LogP contribution >= 0.6 is 11.3 Å². The van der Waals surface area contributed by atoms with E-state index in [1.54, 1.807) is 24.3 Å². The minimum absolute atomic E-state index is 0.0119. The molecule has 0 radical (unpaired) electrons. The fourth-order valence-corrected chi connectivity index (χ4v) is 7.36. The second-order valence-electron chi connectivity index (χ2n) is 8.78. The summed E-state index contributed by atoms with van der Waals surface area (Å²) in [4.78, 5) is 34.7. The van der Waals surface area contributed by atoms with E-state index in [4.69, 9.17) is 0 Å². The molecule has 0 bridgehead atoms. The summed E-state index contributed by atoms with van der Waals surface area (Å²) in [5.41, 5.74) is 1.45. The van der Waals surface area contributed by atoms with E-state index in [2.05, 4.69) is 15.3 Å². The molecule has 38 heavy (non-hydrogen) atoms. The topological polar surface area (TPSA) is 133 Å². The largest absolute Gasteiger partial charge is 0.505 e. The number of sulfonamides is 1. The van der Waals surface area contributed by atoms with E-state index < -0.39 is 21.7 Å². The summed E-state index contributed by atoms with van der Waals surface area (Å²) in [5, 5.41) is 14.0. The number of nitrogens with zero attached hydrogens (tertiary/aromatic N) is 4. The Morgan fingerprint density at radius 3 is 2.66 bits per heavy atom. The van der Waals surface area contributed by atoms with E-state index in [-0.39, 0.29) is 56.5 Å². The maximum atomic E-state index is 13.8. The molecule has 0 aliphatic carbocycles. The van der Waals surface area contributed by atoms with Crippen LogP contribution < -0.4 is 9.62 Å². The third-order valence-electron chi connectivity index (χ3n) is 6.20.